The molecule has 1 aromatic carbocycles. The summed E-state index contributed by atoms with van der Waals surface area (Å²) in [6.45, 7) is 2.70. The number of hydrogen-bond acceptors (Lipinski definition) is 4. The number of aliphatic hydroxyl groups is 1. The highest BCUT2D eigenvalue weighted by atomic mass is 79.9. The van der Waals surface area contributed by atoms with Crippen molar-refractivity contribution in [1.29, 1.82) is 0 Å². The van der Waals surface area contributed by atoms with Crippen LogP contribution in [0.25, 0.3) is 0 Å². The Morgan fingerprint density at radius 2 is 2.14 bits per heavy atom. The SMILES string of the molecule is CC1CCC(CO)(NCc2ccc(Br)cc2[N+](=O)[O-])CC1. The van der Waals surface area contributed by atoms with Gasteiger partial charge in [0.15, 0.2) is 0 Å². The van der Waals surface area contributed by atoms with E-state index in [1.165, 1.54) is 6.07 Å². The van der Waals surface area contributed by atoms with Crippen molar-refractivity contribution in [3.63, 3.8) is 0 Å². The maximum absolute atomic E-state index is 11.1. The second-order valence-corrected chi connectivity index (χ2v) is 6.92. The zero-order chi connectivity index (χ0) is 15.5. The Morgan fingerprint density at radius 1 is 1.48 bits per heavy atom. The summed E-state index contributed by atoms with van der Waals surface area (Å²) in [4.78, 5) is 10.8. The number of nitro benzene ring substituents is 1. The summed E-state index contributed by atoms with van der Waals surface area (Å²) in [6, 6.07) is 5.08. The fourth-order valence-electron chi connectivity index (χ4n) is 2.84. The average molecular weight is 357 g/mol. The van der Waals surface area contributed by atoms with Gasteiger partial charge in [0.2, 0.25) is 0 Å². The van der Waals surface area contributed by atoms with Crippen molar-refractivity contribution < 1.29 is 10.0 Å². The van der Waals surface area contributed by atoms with Crippen molar-refractivity contribution >= 4 is 21.6 Å². The number of aliphatic hydroxyl groups excluding tert-OH is 1. The minimum Gasteiger partial charge on any atom is -0.394 e. The first-order valence-electron chi connectivity index (χ1n) is 7.24. The zero-order valence-electron chi connectivity index (χ0n) is 12.1. The van der Waals surface area contributed by atoms with E-state index in [0.29, 0.717) is 22.5 Å². The molecule has 21 heavy (non-hydrogen) atoms. The molecule has 2 N–H and O–H groups in total. The second-order valence-electron chi connectivity index (χ2n) is 6.00. The normalized spacial score (nSPS) is 25.8. The monoisotopic (exact) mass is 356 g/mol. The maximum Gasteiger partial charge on any atom is 0.275 e. The van der Waals surface area contributed by atoms with Gasteiger partial charge in [-0.3, -0.25) is 10.1 Å². The number of nitrogens with zero attached hydrogens (tertiary/aromatic N) is 1. The second kappa shape index (κ2) is 6.85. The molecular weight excluding hydrogens is 336 g/mol. The van der Waals surface area contributed by atoms with Crippen molar-refractivity contribution in [2.75, 3.05) is 6.61 Å². The highest BCUT2D eigenvalue weighted by Crippen LogP contribution is 2.32. The topological polar surface area (TPSA) is 75.4 Å². The first-order valence-corrected chi connectivity index (χ1v) is 8.04. The minimum absolute atomic E-state index is 0.0735. The van der Waals surface area contributed by atoms with Crippen LogP contribution in [-0.2, 0) is 6.54 Å². The molecule has 5 nitrogen and oxygen atoms in total. The largest absolute Gasteiger partial charge is 0.394 e. The van der Waals surface area contributed by atoms with Gasteiger partial charge < -0.3 is 10.4 Å². The average Bonchev–Trinajstić information content (AvgIpc) is 2.48. The van der Waals surface area contributed by atoms with Crippen LogP contribution in [-0.4, -0.2) is 22.2 Å². The fraction of sp³-hybridized carbons (Fsp3) is 0.600. The summed E-state index contributed by atoms with van der Waals surface area (Å²) in [5, 5.41) is 24.2. The molecule has 0 atom stereocenters. The van der Waals surface area contributed by atoms with E-state index in [-0.39, 0.29) is 22.8 Å². The number of nitro groups is 1. The molecule has 0 radical (unpaired) electrons. The Labute approximate surface area is 133 Å². The van der Waals surface area contributed by atoms with Gasteiger partial charge in [-0.05, 0) is 43.7 Å². The molecule has 0 saturated heterocycles. The van der Waals surface area contributed by atoms with Gasteiger partial charge in [-0.25, -0.2) is 0 Å². The quantitative estimate of drug-likeness (QED) is 0.626. The zero-order valence-corrected chi connectivity index (χ0v) is 13.7. The Kier molecular flexibility index (Phi) is 5.35. The Hall–Kier alpha value is -0.980. The van der Waals surface area contributed by atoms with Crippen LogP contribution in [0.5, 0.6) is 0 Å². The van der Waals surface area contributed by atoms with Crippen LogP contribution in [0.4, 0.5) is 5.69 Å². The van der Waals surface area contributed by atoms with Crippen LogP contribution >= 0.6 is 15.9 Å². The first kappa shape index (κ1) is 16.4. The van der Waals surface area contributed by atoms with E-state index in [9.17, 15) is 15.2 Å². The molecule has 1 aliphatic rings. The molecule has 1 aliphatic carbocycles. The van der Waals surface area contributed by atoms with Crippen LogP contribution in [0, 0.1) is 16.0 Å². The van der Waals surface area contributed by atoms with E-state index in [4.69, 9.17) is 0 Å². The number of benzene rings is 1. The Morgan fingerprint density at radius 3 is 2.71 bits per heavy atom. The summed E-state index contributed by atoms with van der Waals surface area (Å²) in [5.41, 5.74) is 0.455. The molecule has 0 aromatic heterocycles. The van der Waals surface area contributed by atoms with Gasteiger partial charge in [0.25, 0.3) is 5.69 Å². The van der Waals surface area contributed by atoms with Crippen LogP contribution in [0.15, 0.2) is 22.7 Å². The minimum atomic E-state index is -0.365. The predicted octanol–water partition coefficient (Wildman–Crippen LogP) is 3.39. The van der Waals surface area contributed by atoms with Gasteiger partial charge in [-0.2, -0.15) is 0 Å². The maximum atomic E-state index is 11.1. The molecule has 1 fully saturated rings. The highest BCUT2D eigenvalue weighted by Gasteiger charge is 2.33. The molecule has 1 aromatic rings. The van der Waals surface area contributed by atoms with E-state index in [0.717, 1.165) is 25.7 Å². The predicted molar refractivity (Wildman–Crippen MR) is 85.1 cm³/mol. The smallest absolute Gasteiger partial charge is 0.275 e. The summed E-state index contributed by atoms with van der Waals surface area (Å²) in [6.07, 6.45) is 3.98. The number of halogens is 1. The molecular formula is C15H21BrN2O3. The third-order valence-electron chi connectivity index (χ3n) is 4.43. The van der Waals surface area contributed by atoms with Gasteiger partial charge in [-0.15, -0.1) is 0 Å². The number of nitrogens with one attached hydrogen (secondary N) is 1. The molecule has 0 aliphatic heterocycles. The van der Waals surface area contributed by atoms with E-state index in [1.807, 2.05) is 0 Å². The molecule has 116 valence electrons. The van der Waals surface area contributed by atoms with Crippen molar-refractivity contribution in [3.05, 3.63) is 38.3 Å². The Balaban J connectivity index is 2.10. The van der Waals surface area contributed by atoms with Crippen molar-refractivity contribution in [3.8, 4) is 0 Å². The van der Waals surface area contributed by atoms with Gasteiger partial charge >= 0.3 is 0 Å². The lowest BCUT2D eigenvalue weighted by atomic mass is 9.77. The first-order chi connectivity index (χ1) is 9.96. The van der Waals surface area contributed by atoms with Gasteiger partial charge in [-0.1, -0.05) is 22.9 Å². The molecule has 0 heterocycles. The van der Waals surface area contributed by atoms with E-state index in [1.54, 1.807) is 12.1 Å². The van der Waals surface area contributed by atoms with Crippen LogP contribution in [0.3, 0.4) is 0 Å². The number of hydrogen-bond donors (Lipinski definition) is 2. The van der Waals surface area contributed by atoms with E-state index >= 15 is 0 Å². The standard InChI is InChI=1S/C15H21BrN2O3/c1-11-4-6-15(10-19,7-5-11)17-9-12-2-3-13(16)8-14(12)18(20)21/h2-3,8,11,17,19H,4-7,9-10H2,1H3. The van der Waals surface area contributed by atoms with E-state index in [2.05, 4.69) is 28.2 Å². The molecule has 0 unspecified atom stereocenters. The molecule has 6 heteroatoms. The number of rotatable bonds is 5. The molecule has 0 amide bonds. The summed E-state index contributed by atoms with van der Waals surface area (Å²) >= 11 is 3.26. The third kappa shape index (κ3) is 4.02. The molecule has 1 saturated carbocycles. The molecule has 0 spiro atoms. The molecule has 0 bridgehead atoms. The van der Waals surface area contributed by atoms with Gasteiger partial charge in [0.1, 0.15) is 0 Å². The van der Waals surface area contributed by atoms with Crippen molar-refractivity contribution in [1.82, 2.24) is 5.32 Å². The Bertz CT molecular complexity index is 514. The summed E-state index contributed by atoms with van der Waals surface area (Å²) in [5.74, 6) is 0.688. The summed E-state index contributed by atoms with van der Waals surface area (Å²) < 4.78 is 0.696. The molecule has 2 rings (SSSR count). The van der Waals surface area contributed by atoms with Crippen LogP contribution < -0.4 is 5.32 Å². The lowest BCUT2D eigenvalue weighted by molar-refractivity contribution is -0.385. The lowest BCUT2D eigenvalue weighted by Crippen LogP contribution is -2.50. The van der Waals surface area contributed by atoms with Crippen molar-refractivity contribution in [2.24, 2.45) is 5.92 Å². The lowest BCUT2D eigenvalue weighted by Gasteiger charge is -2.39. The highest BCUT2D eigenvalue weighted by molar-refractivity contribution is 9.10. The summed E-state index contributed by atoms with van der Waals surface area (Å²) in [7, 11) is 0. The van der Waals surface area contributed by atoms with E-state index < -0.39 is 0 Å². The van der Waals surface area contributed by atoms with Crippen LogP contribution in [0.1, 0.15) is 38.2 Å². The third-order valence-corrected chi connectivity index (χ3v) is 4.93. The van der Waals surface area contributed by atoms with Crippen LogP contribution in [0.2, 0.25) is 0 Å². The van der Waals surface area contributed by atoms with Gasteiger partial charge in [0, 0.05) is 28.2 Å². The van der Waals surface area contributed by atoms with Gasteiger partial charge in [0.05, 0.1) is 11.5 Å². The van der Waals surface area contributed by atoms with Crippen molar-refractivity contribution in [2.45, 2.75) is 44.7 Å². The fourth-order valence-corrected chi connectivity index (χ4v) is 3.19.